The van der Waals surface area contributed by atoms with Crippen LogP contribution in [0.25, 0.3) is 11.1 Å². The van der Waals surface area contributed by atoms with Crippen LogP contribution in [0.1, 0.15) is 29.3 Å². The molecule has 2 aromatic carbocycles. The molecule has 2 aromatic rings. The van der Waals surface area contributed by atoms with Crippen LogP contribution in [0.5, 0.6) is 0 Å². The van der Waals surface area contributed by atoms with Crippen LogP contribution < -0.4 is 0 Å². The van der Waals surface area contributed by atoms with Crippen molar-refractivity contribution in [2.24, 2.45) is 0 Å². The van der Waals surface area contributed by atoms with Gasteiger partial charge < -0.3 is 5.11 Å². The molecule has 0 saturated carbocycles. The summed E-state index contributed by atoms with van der Waals surface area (Å²) in [6, 6.07) is 9.52. The number of rotatable bonds is 4. The van der Waals surface area contributed by atoms with Gasteiger partial charge in [0.25, 0.3) is 0 Å². The Morgan fingerprint density at radius 2 is 1.70 bits per heavy atom. The molecule has 0 spiro atoms. The molecule has 0 aliphatic carbocycles. The van der Waals surface area contributed by atoms with E-state index >= 15 is 0 Å². The van der Waals surface area contributed by atoms with Crippen LogP contribution in [0.15, 0.2) is 36.4 Å². The van der Waals surface area contributed by atoms with Crippen molar-refractivity contribution in [3.63, 3.8) is 0 Å². The van der Waals surface area contributed by atoms with Gasteiger partial charge in [-0.1, -0.05) is 43.7 Å². The van der Waals surface area contributed by atoms with Gasteiger partial charge in [0.1, 0.15) is 0 Å². The summed E-state index contributed by atoms with van der Waals surface area (Å²) >= 11 is 0. The minimum atomic E-state index is -1.48. The number of aromatic carboxylic acids is 1. The van der Waals surface area contributed by atoms with E-state index in [0.717, 1.165) is 24.5 Å². The maximum absolute atomic E-state index is 13.9. The Morgan fingerprint density at radius 3 is 2.25 bits per heavy atom. The van der Waals surface area contributed by atoms with E-state index in [1.807, 2.05) is 12.1 Å². The number of carbonyl (C=O) groups is 1. The molecule has 0 fully saturated rings. The number of benzene rings is 2. The molecule has 0 bridgehead atoms. The third-order valence-corrected chi connectivity index (χ3v) is 3.12. The van der Waals surface area contributed by atoms with Crippen molar-refractivity contribution in [3.05, 3.63) is 59.2 Å². The monoisotopic (exact) mass is 276 g/mol. The summed E-state index contributed by atoms with van der Waals surface area (Å²) in [4.78, 5) is 10.7. The van der Waals surface area contributed by atoms with Crippen molar-refractivity contribution in [2.75, 3.05) is 0 Å². The lowest BCUT2D eigenvalue weighted by atomic mass is 10.00. The molecule has 0 aliphatic rings. The summed E-state index contributed by atoms with van der Waals surface area (Å²) in [5.74, 6) is -3.94. The molecule has 0 aromatic heterocycles. The zero-order valence-corrected chi connectivity index (χ0v) is 11.0. The highest BCUT2D eigenvalue weighted by Gasteiger charge is 2.18. The number of carboxylic acid groups (broad SMARTS) is 1. The summed E-state index contributed by atoms with van der Waals surface area (Å²) in [6.45, 7) is 2.06. The van der Waals surface area contributed by atoms with Crippen molar-refractivity contribution < 1.29 is 18.7 Å². The fourth-order valence-electron chi connectivity index (χ4n) is 2.08. The lowest BCUT2D eigenvalue weighted by molar-refractivity contribution is 0.0690. The van der Waals surface area contributed by atoms with Gasteiger partial charge in [-0.2, -0.15) is 0 Å². The third-order valence-electron chi connectivity index (χ3n) is 3.12. The zero-order chi connectivity index (χ0) is 14.7. The summed E-state index contributed by atoms with van der Waals surface area (Å²) < 4.78 is 27.6. The molecule has 0 aliphatic heterocycles. The van der Waals surface area contributed by atoms with E-state index in [4.69, 9.17) is 5.11 Å². The second kappa shape index (κ2) is 5.82. The fourth-order valence-corrected chi connectivity index (χ4v) is 2.08. The normalized spacial score (nSPS) is 10.6. The Labute approximate surface area is 115 Å². The molecule has 0 amide bonds. The van der Waals surface area contributed by atoms with Gasteiger partial charge in [0.05, 0.1) is 5.56 Å². The van der Waals surface area contributed by atoms with Gasteiger partial charge in [0.15, 0.2) is 11.6 Å². The summed E-state index contributed by atoms with van der Waals surface area (Å²) in [5.41, 5.74) is 1.06. The van der Waals surface area contributed by atoms with Gasteiger partial charge in [-0.15, -0.1) is 0 Å². The lowest BCUT2D eigenvalue weighted by Crippen LogP contribution is -2.03. The number of aryl methyl sites for hydroxylation is 1. The molecule has 0 saturated heterocycles. The Morgan fingerprint density at radius 1 is 1.05 bits per heavy atom. The van der Waals surface area contributed by atoms with E-state index < -0.39 is 23.2 Å². The topological polar surface area (TPSA) is 37.3 Å². The molecule has 1 N–H and O–H groups in total. The minimum absolute atomic E-state index is 0.0653. The van der Waals surface area contributed by atoms with Crippen LogP contribution >= 0.6 is 0 Å². The van der Waals surface area contributed by atoms with Crippen molar-refractivity contribution >= 4 is 5.97 Å². The zero-order valence-electron chi connectivity index (χ0n) is 11.0. The molecule has 0 atom stereocenters. The Balaban J connectivity index is 2.43. The standard InChI is InChI=1S/C16H14F2O2/c1-2-3-10-4-6-11(7-5-10)12-8-9-13(16(19)20)15(18)14(12)17/h4-9H,2-3H2,1H3,(H,19,20). The maximum Gasteiger partial charge on any atom is 0.338 e. The average molecular weight is 276 g/mol. The van der Waals surface area contributed by atoms with Gasteiger partial charge in [-0.25, -0.2) is 13.6 Å². The van der Waals surface area contributed by atoms with Gasteiger partial charge in [-0.05, 0) is 23.6 Å². The molecule has 20 heavy (non-hydrogen) atoms. The number of hydrogen-bond acceptors (Lipinski definition) is 1. The Hall–Kier alpha value is -2.23. The summed E-state index contributed by atoms with van der Waals surface area (Å²) in [6.07, 6.45) is 1.94. The van der Waals surface area contributed by atoms with E-state index in [2.05, 4.69) is 6.92 Å². The van der Waals surface area contributed by atoms with Crippen molar-refractivity contribution in [2.45, 2.75) is 19.8 Å². The first kappa shape index (κ1) is 14.2. The molecule has 4 heteroatoms. The first-order valence-electron chi connectivity index (χ1n) is 6.35. The molecule has 0 heterocycles. The van der Waals surface area contributed by atoms with E-state index in [-0.39, 0.29) is 5.56 Å². The number of carboxylic acids is 1. The average Bonchev–Trinajstić information content (AvgIpc) is 2.43. The Bertz CT molecular complexity index is 634. The highest BCUT2D eigenvalue weighted by atomic mass is 19.2. The molecular formula is C16H14F2O2. The van der Waals surface area contributed by atoms with Gasteiger partial charge in [0.2, 0.25) is 0 Å². The highest BCUT2D eigenvalue weighted by Crippen LogP contribution is 2.27. The molecule has 0 unspecified atom stereocenters. The van der Waals surface area contributed by atoms with Crippen LogP contribution in [0.4, 0.5) is 8.78 Å². The second-order valence-corrected chi connectivity index (χ2v) is 4.54. The highest BCUT2D eigenvalue weighted by molar-refractivity contribution is 5.88. The molecule has 104 valence electrons. The lowest BCUT2D eigenvalue weighted by Gasteiger charge is -2.07. The van der Waals surface area contributed by atoms with E-state index in [0.29, 0.717) is 5.56 Å². The van der Waals surface area contributed by atoms with E-state index in [9.17, 15) is 13.6 Å². The second-order valence-electron chi connectivity index (χ2n) is 4.54. The summed E-state index contributed by atoms with van der Waals surface area (Å²) in [5, 5.41) is 8.74. The molecule has 2 rings (SSSR count). The van der Waals surface area contributed by atoms with Crippen LogP contribution in [0, 0.1) is 11.6 Å². The van der Waals surface area contributed by atoms with E-state index in [1.165, 1.54) is 6.07 Å². The van der Waals surface area contributed by atoms with E-state index in [1.54, 1.807) is 12.1 Å². The number of halogens is 2. The minimum Gasteiger partial charge on any atom is -0.478 e. The SMILES string of the molecule is CCCc1ccc(-c2ccc(C(=O)O)c(F)c2F)cc1. The summed E-state index contributed by atoms with van der Waals surface area (Å²) in [7, 11) is 0. The predicted octanol–water partition coefficient (Wildman–Crippen LogP) is 4.28. The van der Waals surface area contributed by atoms with Crippen LogP contribution in [0.3, 0.4) is 0 Å². The Kier molecular flexibility index (Phi) is 4.13. The predicted molar refractivity (Wildman–Crippen MR) is 72.7 cm³/mol. The molecular weight excluding hydrogens is 262 g/mol. The van der Waals surface area contributed by atoms with Gasteiger partial charge in [-0.3, -0.25) is 0 Å². The first-order valence-corrected chi connectivity index (χ1v) is 6.35. The van der Waals surface area contributed by atoms with Crippen molar-refractivity contribution in [1.29, 1.82) is 0 Å². The van der Waals surface area contributed by atoms with Crippen molar-refractivity contribution in [3.8, 4) is 11.1 Å². The van der Waals surface area contributed by atoms with Crippen molar-refractivity contribution in [1.82, 2.24) is 0 Å². The first-order chi connectivity index (χ1) is 9.54. The van der Waals surface area contributed by atoms with Crippen LogP contribution in [0.2, 0.25) is 0 Å². The third kappa shape index (κ3) is 2.69. The fraction of sp³-hybridized carbons (Fsp3) is 0.188. The smallest absolute Gasteiger partial charge is 0.338 e. The molecule has 2 nitrogen and oxygen atoms in total. The van der Waals surface area contributed by atoms with Gasteiger partial charge >= 0.3 is 5.97 Å². The van der Waals surface area contributed by atoms with Crippen LogP contribution in [-0.4, -0.2) is 11.1 Å². The largest absolute Gasteiger partial charge is 0.478 e. The molecule has 0 radical (unpaired) electrons. The maximum atomic E-state index is 13.9. The van der Waals surface area contributed by atoms with Crippen LogP contribution in [-0.2, 0) is 6.42 Å². The van der Waals surface area contributed by atoms with Gasteiger partial charge in [0, 0.05) is 5.56 Å². The number of hydrogen-bond donors (Lipinski definition) is 1. The quantitative estimate of drug-likeness (QED) is 0.904.